The van der Waals surface area contributed by atoms with Gasteiger partial charge in [-0.15, -0.1) is 24.8 Å². The molecule has 0 radical (unpaired) electrons. The lowest BCUT2D eigenvalue weighted by molar-refractivity contribution is 0.480. The molecule has 0 aliphatic heterocycles. The van der Waals surface area contributed by atoms with Gasteiger partial charge in [0.2, 0.25) is 0 Å². The summed E-state index contributed by atoms with van der Waals surface area (Å²) in [6.07, 6.45) is 7.82. The van der Waals surface area contributed by atoms with E-state index in [1.54, 1.807) is 32.1 Å². The van der Waals surface area contributed by atoms with Crippen LogP contribution in [0.1, 0.15) is 32.1 Å². The second-order valence-electron chi connectivity index (χ2n) is 3.12. The highest BCUT2D eigenvalue weighted by Gasteiger charge is 2.30. The molecule has 0 saturated heterocycles. The fraction of sp³-hybridized carbons (Fsp3) is 1.00. The molecule has 0 aromatic heterocycles. The number of fused-ring (bicyclic) bond motifs is 2. The zero-order valence-electron chi connectivity index (χ0n) is 5.51. The van der Waals surface area contributed by atoms with Crippen LogP contribution >= 0.6 is 24.8 Å². The Morgan fingerprint density at radius 1 is 0.667 bits per heavy atom. The molecular formula is C7H14Cl2. The minimum absolute atomic E-state index is 0. The van der Waals surface area contributed by atoms with E-state index in [4.69, 9.17) is 0 Å². The molecule has 56 valence electrons. The van der Waals surface area contributed by atoms with Crippen molar-refractivity contribution < 1.29 is 0 Å². The summed E-state index contributed by atoms with van der Waals surface area (Å²) in [7, 11) is 0. The smallest absolute Gasteiger partial charge is 0.0411 e. The quantitative estimate of drug-likeness (QED) is 0.522. The van der Waals surface area contributed by atoms with Gasteiger partial charge in [-0.3, -0.25) is 0 Å². The lowest BCUT2D eigenvalue weighted by Gasteiger charge is -2.05. The molecule has 0 N–H and O–H groups in total. The standard InChI is InChI=1S/C7H12.2ClH/c1-2-7-4-3-6(1)5-7;;/h6-7H,1-5H2;2*1H. The van der Waals surface area contributed by atoms with E-state index in [0.29, 0.717) is 0 Å². The number of hydrogen-bond acceptors (Lipinski definition) is 0. The van der Waals surface area contributed by atoms with Crippen molar-refractivity contribution in [3.05, 3.63) is 0 Å². The van der Waals surface area contributed by atoms with E-state index in [9.17, 15) is 0 Å². The zero-order chi connectivity index (χ0) is 4.69. The molecule has 0 amide bonds. The van der Waals surface area contributed by atoms with E-state index >= 15 is 0 Å². The Labute approximate surface area is 69.2 Å². The summed E-state index contributed by atoms with van der Waals surface area (Å²) in [6, 6.07) is 0. The summed E-state index contributed by atoms with van der Waals surface area (Å²) in [5, 5.41) is 0. The van der Waals surface area contributed by atoms with Crippen LogP contribution in [0, 0.1) is 11.8 Å². The second kappa shape index (κ2) is 3.68. The van der Waals surface area contributed by atoms with Crippen LogP contribution in [0.25, 0.3) is 0 Å². The summed E-state index contributed by atoms with van der Waals surface area (Å²) >= 11 is 0. The Balaban J connectivity index is 0.000000320. The first-order valence-corrected chi connectivity index (χ1v) is 3.45. The molecule has 0 nitrogen and oxygen atoms in total. The van der Waals surface area contributed by atoms with Crippen LogP contribution in [0.5, 0.6) is 0 Å². The van der Waals surface area contributed by atoms with Gasteiger partial charge >= 0.3 is 0 Å². The average molecular weight is 169 g/mol. The van der Waals surface area contributed by atoms with Crippen molar-refractivity contribution in [1.82, 2.24) is 0 Å². The van der Waals surface area contributed by atoms with Gasteiger partial charge in [0.1, 0.15) is 0 Å². The van der Waals surface area contributed by atoms with Crippen LogP contribution in [0.4, 0.5) is 0 Å². The van der Waals surface area contributed by atoms with E-state index in [-0.39, 0.29) is 24.8 Å². The number of halogens is 2. The van der Waals surface area contributed by atoms with Gasteiger partial charge in [0.15, 0.2) is 0 Å². The van der Waals surface area contributed by atoms with Crippen molar-refractivity contribution in [1.29, 1.82) is 0 Å². The normalized spacial score (nSPS) is 37.3. The largest absolute Gasteiger partial charge is 0.147 e. The molecule has 0 spiro atoms. The van der Waals surface area contributed by atoms with Crippen LogP contribution < -0.4 is 0 Å². The minimum Gasteiger partial charge on any atom is -0.147 e. The number of hydrogen-bond donors (Lipinski definition) is 0. The van der Waals surface area contributed by atoms with Gasteiger partial charge in [-0.1, -0.05) is 25.7 Å². The van der Waals surface area contributed by atoms with Gasteiger partial charge in [0.25, 0.3) is 0 Å². The highest BCUT2D eigenvalue weighted by molar-refractivity contribution is 5.85. The summed E-state index contributed by atoms with van der Waals surface area (Å²) in [5.41, 5.74) is 0. The monoisotopic (exact) mass is 168 g/mol. The van der Waals surface area contributed by atoms with E-state index in [0.717, 1.165) is 0 Å². The predicted molar refractivity (Wildman–Crippen MR) is 44.6 cm³/mol. The molecule has 2 aliphatic rings. The highest BCUT2D eigenvalue weighted by atomic mass is 35.5. The lowest BCUT2D eigenvalue weighted by Crippen LogP contribution is -1.90. The molecule has 0 atom stereocenters. The van der Waals surface area contributed by atoms with Crippen LogP contribution in [0.15, 0.2) is 0 Å². The van der Waals surface area contributed by atoms with E-state index in [1.807, 2.05) is 0 Å². The third-order valence-electron chi connectivity index (χ3n) is 2.63. The summed E-state index contributed by atoms with van der Waals surface area (Å²) < 4.78 is 0. The summed E-state index contributed by atoms with van der Waals surface area (Å²) in [6.45, 7) is 0. The van der Waals surface area contributed by atoms with Gasteiger partial charge in [-0.25, -0.2) is 0 Å². The summed E-state index contributed by atoms with van der Waals surface area (Å²) in [4.78, 5) is 0. The van der Waals surface area contributed by atoms with Crippen LogP contribution in [-0.4, -0.2) is 0 Å². The lowest BCUT2D eigenvalue weighted by atomic mass is 10.0. The number of rotatable bonds is 0. The molecule has 2 aliphatic carbocycles. The van der Waals surface area contributed by atoms with Gasteiger partial charge in [-0.05, 0) is 18.3 Å². The molecule has 0 aromatic carbocycles. The van der Waals surface area contributed by atoms with Gasteiger partial charge < -0.3 is 0 Å². The molecule has 0 unspecified atom stereocenters. The predicted octanol–water partition coefficient (Wildman–Crippen LogP) is 3.04. The molecule has 2 heteroatoms. The minimum atomic E-state index is 0. The maximum atomic E-state index is 1.58. The average Bonchev–Trinajstić information content (AvgIpc) is 2.22. The first-order chi connectivity index (χ1) is 3.45. The fourth-order valence-electron chi connectivity index (χ4n) is 2.17. The molecule has 0 heterocycles. The Hall–Kier alpha value is 0.580. The second-order valence-corrected chi connectivity index (χ2v) is 3.12. The van der Waals surface area contributed by atoms with Gasteiger partial charge in [0, 0.05) is 0 Å². The molecule has 9 heavy (non-hydrogen) atoms. The fourth-order valence-corrected chi connectivity index (χ4v) is 2.17. The maximum absolute atomic E-state index is 1.58. The van der Waals surface area contributed by atoms with Crippen molar-refractivity contribution in [3.8, 4) is 0 Å². The Morgan fingerprint density at radius 3 is 1.11 bits per heavy atom. The van der Waals surface area contributed by atoms with Crippen molar-refractivity contribution >= 4 is 24.8 Å². The molecule has 2 rings (SSSR count). The molecule has 0 aromatic rings. The van der Waals surface area contributed by atoms with Crippen molar-refractivity contribution in [2.75, 3.05) is 0 Å². The molecule has 2 bridgehead atoms. The molecule has 2 saturated carbocycles. The molecular weight excluding hydrogens is 155 g/mol. The van der Waals surface area contributed by atoms with Gasteiger partial charge in [0.05, 0.1) is 0 Å². The zero-order valence-corrected chi connectivity index (χ0v) is 7.14. The topological polar surface area (TPSA) is 0 Å². The van der Waals surface area contributed by atoms with E-state index in [1.165, 1.54) is 11.8 Å². The third kappa shape index (κ3) is 1.75. The van der Waals surface area contributed by atoms with Crippen LogP contribution in [-0.2, 0) is 0 Å². The first kappa shape index (κ1) is 9.58. The first-order valence-electron chi connectivity index (χ1n) is 3.45. The van der Waals surface area contributed by atoms with Crippen molar-refractivity contribution in [2.24, 2.45) is 11.8 Å². The van der Waals surface area contributed by atoms with E-state index < -0.39 is 0 Å². The SMILES string of the molecule is C1CC2CCC1C2.Cl.Cl. The van der Waals surface area contributed by atoms with Crippen LogP contribution in [0.3, 0.4) is 0 Å². The van der Waals surface area contributed by atoms with Crippen LogP contribution in [0.2, 0.25) is 0 Å². The highest BCUT2D eigenvalue weighted by Crippen LogP contribution is 2.43. The van der Waals surface area contributed by atoms with Gasteiger partial charge in [-0.2, -0.15) is 0 Å². The Bertz CT molecular complexity index is 65.0. The van der Waals surface area contributed by atoms with Crippen molar-refractivity contribution in [2.45, 2.75) is 32.1 Å². The summed E-state index contributed by atoms with van der Waals surface area (Å²) in [5.74, 6) is 2.34. The van der Waals surface area contributed by atoms with Crippen molar-refractivity contribution in [3.63, 3.8) is 0 Å². The molecule has 2 fully saturated rings. The Morgan fingerprint density at radius 2 is 1.00 bits per heavy atom. The maximum Gasteiger partial charge on any atom is -0.0411 e. The van der Waals surface area contributed by atoms with E-state index in [2.05, 4.69) is 0 Å². The Kier molecular flexibility index (Phi) is 3.91. The third-order valence-corrected chi connectivity index (χ3v) is 2.63.